The maximum atomic E-state index is 15.0. The first-order chi connectivity index (χ1) is 22.8. The van der Waals surface area contributed by atoms with E-state index in [9.17, 15) is 23.9 Å². The molecule has 1 amide bonds. The molecule has 0 saturated heterocycles. The summed E-state index contributed by atoms with van der Waals surface area (Å²) in [7, 11) is 0. The lowest BCUT2D eigenvalue weighted by molar-refractivity contribution is -0.129. The number of carbonyl (C=O) groups excluding carboxylic acids is 1. The minimum Gasteiger partial charge on any atom is -0.493 e. The highest BCUT2D eigenvalue weighted by molar-refractivity contribution is 7.21. The van der Waals surface area contributed by atoms with Crippen molar-refractivity contribution in [3.8, 4) is 10.8 Å². The second kappa shape index (κ2) is 14.7. The molecule has 0 unspecified atom stereocenters. The maximum absolute atomic E-state index is 15.0. The number of aryl methyl sites for hydroxylation is 1. The van der Waals surface area contributed by atoms with Crippen molar-refractivity contribution < 1.29 is 23.8 Å². The summed E-state index contributed by atoms with van der Waals surface area (Å²) >= 11 is 1.18. The summed E-state index contributed by atoms with van der Waals surface area (Å²) < 4.78 is 30.2. The van der Waals surface area contributed by atoms with Gasteiger partial charge in [0.25, 0.3) is 5.56 Å². The molecule has 1 saturated carbocycles. The van der Waals surface area contributed by atoms with Gasteiger partial charge in [-0.3, -0.25) is 14.2 Å². The van der Waals surface area contributed by atoms with Crippen LogP contribution in [0.1, 0.15) is 90.4 Å². The van der Waals surface area contributed by atoms with Gasteiger partial charge in [-0.05, 0) is 84.9 Å². The number of nitrogens with zero attached hydrogens (tertiary/aromatic N) is 5. The molecule has 4 aromatic rings. The molecule has 1 fully saturated rings. The number of ether oxygens (including phenoxy) is 2. The van der Waals surface area contributed by atoms with Crippen LogP contribution in [0.3, 0.4) is 0 Å². The summed E-state index contributed by atoms with van der Waals surface area (Å²) in [5, 5.41) is 22.3. The molecule has 1 aliphatic rings. The van der Waals surface area contributed by atoms with Crippen LogP contribution < -0.4 is 21.3 Å². The molecular formula is C34H45FN6O6S. The SMILES string of the molecule is CCCCOc1ccc(F)cc1[C@H](Cn1c(=O)n(C(C)(C)C(=O)NC(C)C)c(=O)c2c(C)c(-n3nccn3)sc21)OC1CCC(O)CC1. The lowest BCUT2D eigenvalue weighted by Gasteiger charge is -2.32. The number of rotatable bonds is 13. The van der Waals surface area contributed by atoms with Crippen LogP contribution in [0.4, 0.5) is 4.39 Å². The van der Waals surface area contributed by atoms with Gasteiger partial charge >= 0.3 is 5.69 Å². The number of thiophene rings is 1. The summed E-state index contributed by atoms with van der Waals surface area (Å²) in [4.78, 5) is 44.2. The summed E-state index contributed by atoms with van der Waals surface area (Å²) in [6.45, 7) is 10.8. The van der Waals surface area contributed by atoms with Crippen molar-refractivity contribution in [2.75, 3.05) is 6.61 Å². The van der Waals surface area contributed by atoms with E-state index in [1.807, 2.05) is 6.92 Å². The number of amides is 1. The number of nitrogens with one attached hydrogen (secondary N) is 1. The molecule has 3 heterocycles. The zero-order valence-electron chi connectivity index (χ0n) is 28.4. The van der Waals surface area contributed by atoms with E-state index in [1.54, 1.807) is 26.8 Å². The summed E-state index contributed by atoms with van der Waals surface area (Å²) in [6, 6.07) is 4.02. The molecule has 0 aliphatic heterocycles. The molecule has 3 aromatic heterocycles. The van der Waals surface area contributed by atoms with Crippen molar-refractivity contribution in [1.82, 2.24) is 29.4 Å². The van der Waals surface area contributed by atoms with Crippen molar-refractivity contribution in [2.24, 2.45) is 0 Å². The molecule has 12 nitrogen and oxygen atoms in total. The van der Waals surface area contributed by atoms with E-state index in [2.05, 4.69) is 15.5 Å². The Morgan fingerprint density at radius 2 is 1.85 bits per heavy atom. The van der Waals surface area contributed by atoms with Gasteiger partial charge in [0, 0.05) is 17.2 Å². The standard InChI is InChI=1S/C34H45FN6O6S/c1-7-8-17-46-26-14-9-22(35)18-25(26)27(47-24-12-10-23(42)11-13-24)19-39-31-28(21(4)30(48-31)41-36-15-16-37-41)29(43)40(33(39)45)34(5,6)32(44)38-20(2)3/h9,14-16,18,20,23-24,27,42H,7-8,10-13,17,19H2,1-6H3,(H,38,44)/t23?,24?,27-/m0/s1. The van der Waals surface area contributed by atoms with Crippen LogP contribution in [0.2, 0.25) is 0 Å². The average Bonchev–Trinajstić information content (AvgIpc) is 3.68. The first-order valence-electron chi connectivity index (χ1n) is 16.6. The Balaban J connectivity index is 1.74. The van der Waals surface area contributed by atoms with E-state index in [-0.39, 0.29) is 24.1 Å². The number of aromatic nitrogens is 5. The van der Waals surface area contributed by atoms with Gasteiger partial charge in [-0.25, -0.2) is 13.8 Å². The quantitative estimate of drug-likeness (QED) is 0.192. The van der Waals surface area contributed by atoms with Crippen molar-refractivity contribution in [2.45, 2.75) is 117 Å². The second-order valence-corrected chi connectivity index (χ2v) is 14.2. The van der Waals surface area contributed by atoms with Gasteiger partial charge in [-0.1, -0.05) is 24.7 Å². The van der Waals surface area contributed by atoms with Gasteiger partial charge in [0.1, 0.15) is 33.0 Å². The Bertz CT molecular complexity index is 1860. The Labute approximate surface area is 282 Å². The number of halogens is 1. The van der Waals surface area contributed by atoms with Gasteiger partial charge < -0.3 is 19.9 Å². The van der Waals surface area contributed by atoms with Gasteiger partial charge in [-0.15, -0.1) is 4.80 Å². The van der Waals surface area contributed by atoms with Crippen molar-refractivity contribution in [3.05, 3.63) is 68.4 Å². The van der Waals surface area contributed by atoms with E-state index in [0.717, 1.165) is 17.4 Å². The fourth-order valence-electron chi connectivity index (χ4n) is 6.06. The Hall–Kier alpha value is -3.88. The highest BCUT2D eigenvalue weighted by atomic mass is 32.1. The van der Waals surface area contributed by atoms with Crippen molar-refractivity contribution in [1.29, 1.82) is 0 Å². The summed E-state index contributed by atoms with van der Waals surface area (Å²) in [5.41, 5.74) is -1.93. The fourth-order valence-corrected chi connectivity index (χ4v) is 7.28. The van der Waals surface area contributed by atoms with Crippen molar-refractivity contribution in [3.63, 3.8) is 0 Å². The normalized spacial score (nSPS) is 17.6. The third-order valence-corrected chi connectivity index (χ3v) is 10.0. The minimum absolute atomic E-state index is 0.115. The van der Waals surface area contributed by atoms with Gasteiger partial charge in [-0.2, -0.15) is 10.2 Å². The number of fused-ring (bicyclic) bond motifs is 1. The highest BCUT2D eigenvalue weighted by Gasteiger charge is 2.37. The third kappa shape index (κ3) is 7.25. The third-order valence-electron chi connectivity index (χ3n) is 8.75. The Morgan fingerprint density at radius 3 is 2.50 bits per heavy atom. The molecular weight excluding hydrogens is 639 g/mol. The van der Waals surface area contributed by atoms with Gasteiger partial charge in [0.15, 0.2) is 0 Å². The molecule has 1 aromatic carbocycles. The predicted molar refractivity (Wildman–Crippen MR) is 181 cm³/mol. The molecule has 260 valence electrons. The zero-order valence-corrected chi connectivity index (χ0v) is 29.2. The molecule has 5 rings (SSSR count). The lowest BCUT2D eigenvalue weighted by atomic mass is 9.94. The smallest absolute Gasteiger partial charge is 0.333 e. The first-order valence-corrected chi connectivity index (χ1v) is 17.4. The maximum Gasteiger partial charge on any atom is 0.333 e. The number of hydrogen-bond acceptors (Lipinski definition) is 9. The molecule has 1 atom stereocenters. The zero-order chi connectivity index (χ0) is 34.7. The first kappa shape index (κ1) is 35.4. The predicted octanol–water partition coefficient (Wildman–Crippen LogP) is 4.75. The minimum atomic E-state index is -1.57. The number of aliphatic hydroxyl groups excluding tert-OH is 1. The van der Waals surface area contributed by atoms with Crippen LogP contribution >= 0.6 is 11.3 Å². The van der Waals surface area contributed by atoms with Crippen LogP contribution in [0, 0.1) is 12.7 Å². The Morgan fingerprint density at radius 1 is 1.17 bits per heavy atom. The van der Waals surface area contributed by atoms with E-state index in [0.29, 0.717) is 59.0 Å². The molecule has 0 bridgehead atoms. The van der Waals surface area contributed by atoms with Crippen LogP contribution in [0.5, 0.6) is 5.75 Å². The monoisotopic (exact) mass is 684 g/mol. The van der Waals surface area contributed by atoms with Gasteiger partial charge in [0.05, 0.1) is 43.1 Å². The molecule has 0 radical (unpaired) electrons. The van der Waals surface area contributed by atoms with Crippen LogP contribution in [-0.2, 0) is 21.6 Å². The molecule has 1 aliphatic carbocycles. The van der Waals surface area contributed by atoms with Gasteiger partial charge in [0.2, 0.25) is 5.91 Å². The molecule has 2 N–H and O–H groups in total. The number of aliphatic hydroxyl groups is 1. The van der Waals surface area contributed by atoms with Crippen molar-refractivity contribution >= 4 is 27.5 Å². The van der Waals surface area contributed by atoms with E-state index < -0.39 is 40.7 Å². The van der Waals surface area contributed by atoms with Crippen LogP contribution in [-0.4, -0.2) is 60.0 Å². The average molecular weight is 685 g/mol. The molecule has 0 spiro atoms. The topological polar surface area (TPSA) is 142 Å². The van der Waals surface area contributed by atoms with Crippen LogP contribution in [0.25, 0.3) is 15.2 Å². The Kier molecular flexibility index (Phi) is 10.9. The van der Waals surface area contributed by atoms with E-state index >= 15 is 0 Å². The highest BCUT2D eigenvalue weighted by Crippen LogP contribution is 2.36. The summed E-state index contributed by atoms with van der Waals surface area (Å²) in [5.74, 6) is -0.549. The summed E-state index contributed by atoms with van der Waals surface area (Å²) in [6.07, 6.45) is 5.43. The second-order valence-electron chi connectivity index (χ2n) is 13.2. The number of benzene rings is 1. The number of hydrogen-bond donors (Lipinski definition) is 2. The van der Waals surface area contributed by atoms with E-state index in [4.69, 9.17) is 9.47 Å². The number of carbonyl (C=O) groups is 1. The van der Waals surface area contributed by atoms with E-state index in [1.165, 1.54) is 59.1 Å². The fraction of sp³-hybridized carbons (Fsp3) is 0.559. The van der Waals surface area contributed by atoms with Crippen LogP contribution in [0.15, 0.2) is 40.2 Å². The molecule has 14 heteroatoms. The largest absolute Gasteiger partial charge is 0.493 e. The number of unbranched alkanes of at least 4 members (excludes halogenated alkanes) is 1. The lowest BCUT2D eigenvalue weighted by Crippen LogP contribution is -2.56. The molecule has 48 heavy (non-hydrogen) atoms.